The van der Waals surface area contributed by atoms with Crippen LogP contribution in [0.1, 0.15) is 15.9 Å². The maximum atomic E-state index is 12.3. The number of carbonyl (C=O) groups is 1. The predicted molar refractivity (Wildman–Crippen MR) is 75.0 cm³/mol. The first kappa shape index (κ1) is 12.6. The van der Waals surface area contributed by atoms with Gasteiger partial charge in [-0.15, -0.1) is 0 Å². The minimum Gasteiger partial charge on any atom is -0.497 e. The number of ether oxygens (including phenoxy) is 1. The lowest BCUT2D eigenvalue weighted by atomic mass is 10.0. The van der Waals surface area contributed by atoms with Crippen LogP contribution in [0.5, 0.6) is 5.75 Å². The molecule has 0 aliphatic carbocycles. The van der Waals surface area contributed by atoms with Crippen LogP contribution in [0.4, 0.5) is 5.69 Å². The zero-order valence-corrected chi connectivity index (χ0v) is 11.4. The third kappa shape index (κ3) is 2.54. The van der Waals surface area contributed by atoms with Gasteiger partial charge in [-0.25, -0.2) is 0 Å². The van der Waals surface area contributed by atoms with Gasteiger partial charge in [0, 0.05) is 21.3 Å². The van der Waals surface area contributed by atoms with Crippen LogP contribution >= 0.6 is 15.9 Å². The van der Waals surface area contributed by atoms with E-state index in [-0.39, 0.29) is 5.78 Å². The third-order valence-electron chi connectivity index (χ3n) is 2.59. The summed E-state index contributed by atoms with van der Waals surface area (Å²) in [6.07, 6.45) is 0. The van der Waals surface area contributed by atoms with Gasteiger partial charge in [0.15, 0.2) is 5.78 Å². The SMILES string of the molecule is COc1cccc(C(=O)c2ccc(N)c(Br)c2)c1. The molecule has 0 aliphatic rings. The smallest absolute Gasteiger partial charge is 0.193 e. The summed E-state index contributed by atoms with van der Waals surface area (Å²) in [6, 6.07) is 12.2. The molecule has 2 rings (SSSR count). The lowest BCUT2D eigenvalue weighted by Crippen LogP contribution is -2.02. The standard InChI is InChI=1S/C14H12BrNO2/c1-18-11-4-2-3-9(7-11)14(17)10-5-6-13(16)12(15)8-10/h2-8H,16H2,1H3. The Morgan fingerprint density at radius 1 is 1.17 bits per heavy atom. The highest BCUT2D eigenvalue weighted by Crippen LogP contribution is 2.23. The Morgan fingerprint density at radius 2 is 1.89 bits per heavy atom. The molecule has 0 saturated heterocycles. The summed E-state index contributed by atoms with van der Waals surface area (Å²) in [5.41, 5.74) is 7.48. The van der Waals surface area contributed by atoms with Crippen LogP contribution in [-0.2, 0) is 0 Å². The minimum atomic E-state index is -0.0606. The van der Waals surface area contributed by atoms with Gasteiger partial charge < -0.3 is 10.5 Å². The van der Waals surface area contributed by atoms with E-state index in [2.05, 4.69) is 15.9 Å². The number of methoxy groups -OCH3 is 1. The van der Waals surface area contributed by atoms with E-state index in [1.54, 1.807) is 49.6 Å². The number of halogens is 1. The van der Waals surface area contributed by atoms with Crippen molar-refractivity contribution in [3.8, 4) is 5.75 Å². The van der Waals surface area contributed by atoms with Gasteiger partial charge >= 0.3 is 0 Å². The molecule has 2 aromatic carbocycles. The molecule has 0 radical (unpaired) electrons. The van der Waals surface area contributed by atoms with Gasteiger partial charge in [-0.3, -0.25) is 4.79 Å². The number of hydrogen-bond donors (Lipinski definition) is 1. The van der Waals surface area contributed by atoms with E-state index in [1.165, 1.54) is 0 Å². The highest BCUT2D eigenvalue weighted by Gasteiger charge is 2.11. The number of nitrogens with two attached hydrogens (primary N) is 1. The largest absolute Gasteiger partial charge is 0.497 e. The van der Waals surface area contributed by atoms with Crippen molar-refractivity contribution < 1.29 is 9.53 Å². The zero-order chi connectivity index (χ0) is 13.1. The van der Waals surface area contributed by atoms with Crippen LogP contribution in [0.2, 0.25) is 0 Å². The Morgan fingerprint density at radius 3 is 2.56 bits per heavy atom. The van der Waals surface area contributed by atoms with E-state index < -0.39 is 0 Å². The van der Waals surface area contributed by atoms with Crippen molar-refractivity contribution in [1.29, 1.82) is 0 Å². The molecular weight excluding hydrogens is 294 g/mol. The Bertz CT molecular complexity index is 596. The van der Waals surface area contributed by atoms with E-state index in [9.17, 15) is 4.79 Å². The van der Waals surface area contributed by atoms with Crippen molar-refractivity contribution in [2.24, 2.45) is 0 Å². The summed E-state index contributed by atoms with van der Waals surface area (Å²) >= 11 is 3.31. The lowest BCUT2D eigenvalue weighted by molar-refractivity contribution is 0.103. The van der Waals surface area contributed by atoms with Crippen molar-refractivity contribution in [2.45, 2.75) is 0 Å². The highest BCUT2D eigenvalue weighted by atomic mass is 79.9. The van der Waals surface area contributed by atoms with Crippen molar-refractivity contribution in [1.82, 2.24) is 0 Å². The summed E-state index contributed by atoms with van der Waals surface area (Å²) in [5, 5.41) is 0. The van der Waals surface area contributed by atoms with Crippen LogP contribution < -0.4 is 10.5 Å². The second kappa shape index (κ2) is 5.23. The third-order valence-corrected chi connectivity index (χ3v) is 3.28. The Labute approximate surface area is 114 Å². The van der Waals surface area contributed by atoms with Gasteiger partial charge in [-0.05, 0) is 46.3 Å². The van der Waals surface area contributed by atoms with Crippen LogP contribution in [0.15, 0.2) is 46.9 Å². The average molecular weight is 306 g/mol. The van der Waals surface area contributed by atoms with Gasteiger partial charge in [-0.1, -0.05) is 12.1 Å². The summed E-state index contributed by atoms with van der Waals surface area (Å²) < 4.78 is 5.82. The minimum absolute atomic E-state index is 0.0606. The van der Waals surface area contributed by atoms with Gasteiger partial charge in [0.25, 0.3) is 0 Å². The van der Waals surface area contributed by atoms with Gasteiger partial charge in [0.1, 0.15) is 5.75 Å². The molecule has 0 aromatic heterocycles. The van der Waals surface area contributed by atoms with Gasteiger partial charge in [0.05, 0.1) is 7.11 Å². The molecule has 0 aliphatic heterocycles. The van der Waals surface area contributed by atoms with Crippen LogP contribution in [0, 0.1) is 0 Å². The first-order chi connectivity index (χ1) is 8.61. The Hall–Kier alpha value is -1.81. The fourth-order valence-electron chi connectivity index (χ4n) is 1.60. The van der Waals surface area contributed by atoms with Crippen molar-refractivity contribution in [3.05, 3.63) is 58.1 Å². The van der Waals surface area contributed by atoms with Gasteiger partial charge in [0.2, 0.25) is 0 Å². The zero-order valence-electron chi connectivity index (χ0n) is 9.81. The van der Waals surface area contributed by atoms with E-state index in [4.69, 9.17) is 10.5 Å². The van der Waals surface area contributed by atoms with E-state index in [1.807, 2.05) is 0 Å². The van der Waals surface area contributed by atoms with E-state index >= 15 is 0 Å². The lowest BCUT2D eigenvalue weighted by Gasteiger charge is -2.05. The molecule has 3 nitrogen and oxygen atoms in total. The van der Waals surface area contributed by atoms with E-state index in [0.717, 1.165) is 4.47 Å². The summed E-state index contributed by atoms with van der Waals surface area (Å²) in [6.45, 7) is 0. The summed E-state index contributed by atoms with van der Waals surface area (Å²) in [4.78, 5) is 12.3. The molecular formula is C14H12BrNO2. The number of anilines is 1. The molecule has 0 bridgehead atoms. The van der Waals surface area contributed by atoms with Crippen molar-refractivity contribution >= 4 is 27.4 Å². The number of nitrogen functional groups attached to an aromatic ring is 1. The molecule has 0 heterocycles. The fourth-order valence-corrected chi connectivity index (χ4v) is 1.98. The number of carbonyl (C=O) groups excluding carboxylic acids is 1. The van der Waals surface area contributed by atoms with Crippen LogP contribution in [0.25, 0.3) is 0 Å². The summed E-state index contributed by atoms with van der Waals surface area (Å²) in [7, 11) is 1.57. The number of hydrogen-bond acceptors (Lipinski definition) is 3. The molecule has 0 spiro atoms. The normalized spacial score (nSPS) is 10.1. The molecule has 2 aromatic rings. The Balaban J connectivity index is 2.38. The van der Waals surface area contributed by atoms with Crippen LogP contribution in [-0.4, -0.2) is 12.9 Å². The predicted octanol–water partition coefficient (Wildman–Crippen LogP) is 3.27. The van der Waals surface area contributed by atoms with Crippen molar-refractivity contribution in [3.63, 3.8) is 0 Å². The second-order valence-corrected chi connectivity index (χ2v) is 4.65. The first-order valence-corrected chi connectivity index (χ1v) is 6.15. The second-order valence-electron chi connectivity index (χ2n) is 3.80. The maximum absolute atomic E-state index is 12.3. The monoisotopic (exact) mass is 305 g/mol. The van der Waals surface area contributed by atoms with Crippen LogP contribution in [0.3, 0.4) is 0 Å². The molecule has 0 fully saturated rings. The number of ketones is 1. The first-order valence-electron chi connectivity index (χ1n) is 5.35. The number of benzene rings is 2. The molecule has 4 heteroatoms. The van der Waals surface area contributed by atoms with E-state index in [0.29, 0.717) is 22.6 Å². The quantitative estimate of drug-likeness (QED) is 0.699. The average Bonchev–Trinajstić information content (AvgIpc) is 2.41. The maximum Gasteiger partial charge on any atom is 0.193 e. The molecule has 92 valence electrons. The van der Waals surface area contributed by atoms with Crippen molar-refractivity contribution in [2.75, 3.05) is 12.8 Å². The Kier molecular flexibility index (Phi) is 3.67. The molecule has 0 saturated carbocycles. The molecule has 0 amide bonds. The fraction of sp³-hybridized carbons (Fsp3) is 0.0714. The highest BCUT2D eigenvalue weighted by molar-refractivity contribution is 9.10. The molecule has 0 atom stereocenters. The van der Waals surface area contributed by atoms with Gasteiger partial charge in [-0.2, -0.15) is 0 Å². The molecule has 2 N–H and O–H groups in total. The molecule has 18 heavy (non-hydrogen) atoms. The topological polar surface area (TPSA) is 52.3 Å². The molecule has 0 unspecified atom stereocenters. The summed E-state index contributed by atoms with van der Waals surface area (Å²) in [5.74, 6) is 0.602. The number of rotatable bonds is 3.